The number of halogens is 2. The predicted octanol–water partition coefficient (Wildman–Crippen LogP) is 4.77. The van der Waals surface area contributed by atoms with Crippen molar-refractivity contribution in [3.63, 3.8) is 0 Å². The molecule has 0 amide bonds. The van der Waals surface area contributed by atoms with Gasteiger partial charge >= 0.3 is 0 Å². The molecule has 0 aliphatic heterocycles. The van der Waals surface area contributed by atoms with Crippen LogP contribution < -0.4 is 10.5 Å². The minimum absolute atomic E-state index is 0.0595. The van der Waals surface area contributed by atoms with E-state index in [0.717, 1.165) is 32.2 Å². The Hall–Kier alpha value is -0.840. The van der Waals surface area contributed by atoms with Crippen LogP contribution in [0.3, 0.4) is 0 Å². The second-order valence-corrected chi connectivity index (χ2v) is 6.49. The molecule has 2 aromatic rings. The molecule has 1 unspecified atom stereocenters. The molecule has 0 aliphatic carbocycles. The van der Waals surface area contributed by atoms with Crippen molar-refractivity contribution in [1.29, 1.82) is 0 Å². The molecule has 20 heavy (non-hydrogen) atoms. The third kappa shape index (κ3) is 3.43. The monoisotopic (exact) mass is 397 g/mol. The van der Waals surface area contributed by atoms with E-state index in [9.17, 15) is 0 Å². The second-order valence-electron chi connectivity index (χ2n) is 4.72. The molecular weight excluding hydrogens is 382 g/mol. The lowest BCUT2D eigenvalue weighted by molar-refractivity contribution is 0.408. The molecule has 0 heterocycles. The molecule has 106 valence electrons. The van der Waals surface area contributed by atoms with Crippen molar-refractivity contribution in [2.45, 2.75) is 19.4 Å². The van der Waals surface area contributed by atoms with E-state index in [0.29, 0.717) is 0 Å². The smallest absolute Gasteiger partial charge is 0.122 e. The summed E-state index contributed by atoms with van der Waals surface area (Å²) in [5.74, 6) is 0.872. The van der Waals surface area contributed by atoms with E-state index in [1.165, 1.54) is 5.56 Å². The summed E-state index contributed by atoms with van der Waals surface area (Å²) in [6.45, 7) is 2.08. The number of ether oxygens (including phenoxy) is 1. The Bertz CT molecular complexity index is 613. The molecule has 0 fully saturated rings. The van der Waals surface area contributed by atoms with Crippen LogP contribution in [0, 0.1) is 6.92 Å². The normalized spacial score (nSPS) is 12.2. The number of hydrogen-bond acceptors (Lipinski definition) is 2. The lowest BCUT2D eigenvalue weighted by Crippen LogP contribution is -2.15. The van der Waals surface area contributed by atoms with Gasteiger partial charge < -0.3 is 10.5 Å². The molecule has 2 N–H and O–H groups in total. The van der Waals surface area contributed by atoms with Gasteiger partial charge in [0.15, 0.2) is 0 Å². The Labute approximate surface area is 136 Å². The predicted molar refractivity (Wildman–Crippen MR) is 90.2 cm³/mol. The minimum Gasteiger partial charge on any atom is -0.496 e. The van der Waals surface area contributed by atoms with E-state index in [1.54, 1.807) is 7.11 Å². The van der Waals surface area contributed by atoms with Crippen LogP contribution in [0.25, 0.3) is 0 Å². The molecule has 0 bridgehead atoms. The summed E-state index contributed by atoms with van der Waals surface area (Å²) < 4.78 is 7.53. The maximum atomic E-state index is 6.38. The molecule has 2 rings (SSSR count). The van der Waals surface area contributed by atoms with E-state index in [4.69, 9.17) is 10.5 Å². The van der Waals surface area contributed by atoms with Gasteiger partial charge in [-0.2, -0.15) is 0 Å². The summed E-state index contributed by atoms with van der Waals surface area (Å²) in [5.41, 5.74) is 9.83. The average Bonchev–Trinajstić information content (AvgIpc) is 2.42. The molecule has 0 spiro atoms. The molecule has 0 aliphatic rings. The van der Waals surface area contributed by atoms with E-state index in [1.807, 2.05) is 24.3 Å². The standard InChI is InChI=1S/C16H17Br2NO/c1-10-13(4-3-5-14(10)18)15(19)9-11-8-12(17)6-7-16(11)20-2/h3-8,15H,9,19H2,1-2H3. The molecule has 1 atom stereocenters. The first kappa shape index (κ1) is 15.5. The van der Waals surface area contributed by atoms with E-state index in [-0.39, 0.29) is 6.04 Å². The maximum Gasteiger partial charge on any atom is 0.122 e. The number of rotatable bonds is 4. The first-order valence-corrected chi connectivity index (χ1v) is 7.94. The van der Waals surface area contributed by atoms with Crippen LogP contribution in [0.4, 0.5) is 0 Å². The van der Waals surface area contributed by atoms with E-state index >= 15 is 0 Å². The summed E-state index contributed by atoms with van der Waals surface area (Å²) in [7, 11) is 1.68. The highest BCUT2D eigenvalue weighted by Crippen LogP contribution is 2.29. The van der Waals surface area contributed by atoms with Crippen molar-refractivity contribution in [2.75, 3.05) is 7.11 Å². The fraction of sp³-hybridized carbons (Fsp3) is 0.250. The third-order valence-corrected chi connectivity index (χ3v) is 4.74. The molecule has 0 saturated heterocycles. The molecule has 0 saturated carbocycles. The van der Waals surface area contributed by atoms with Crippen LogP contribution in [-0.2, 0) is 6.42 Å². The quantitative estimate of drug-likeness (QED) is 0.804. The fourth-order valence-electron chi connectivity index (χ4n) is 2.28. The van der Waals surface area contributed by atoms with Crippen molar-refractivity contribution in [1.82, 2.24) is 0 Å². The highest BCUT2D eigenvalue weighted by molar-refractivity contribution is 9.10. The molecule has 0 aromatic heterocycles. The third-order valence-electron chi connectivity index (χ3n) is 3.39. The van der Waals surface area contributed by atoms with E-state index < -0.39 is 0 Å². The van der Waals surface area contributed by atoms with Crippen molar-refractivity contribution in [2.24, 2.45) is 5.73 Å². The van der Waals surface area contributed by atoms with Crippen molar-refractivity contribution >= 4 is 31.9 Å². The Balaban J connectivity index is 2.30. The Morgan fingerprint density at radius 2 is 1.95 bits per heavy atom. The zero-order chi connectivity index (χ0) is 14.7. The Kier molecular flexibility index (Phi) is 5.24. The van der Waals surface area contributed by atoms with Crippen LogP contribution in [0.2, 0.25) is 0 Å². The van der Waals surface area contributed by atoms with Crippen LogP contribution >= 0.6 is 31.9 Å². The van der Waals surface area contributed by atoms with Gasteiger partial charge in [0.25, 0.3) is 0 Å². The first-order chi connectivity index (χ1) is 9.52. The summed E-state index contributed by atoms with van der Waals surface area (Å²) in [6.07, 6.45) is 0.736. The summed E-state index contributed by atoms with van der Waals surface area (Å²) >= 11 is 7.05. The van der Waals surface area contributed by atoms with Gasteiger partial charge in [0.1, 0.15) is 5.75 Å². The number of methoxy groups -OCH3 is 1. The van der Waals surface area contributed by atoms with Crippen LogP contribution in [0.15, 0.2) is 45.3 Å². The van der Waals surface area contributed by atoms with Gasteiger partial charge in [-0.25, -0.2) is 0 Å². The Morgan fingerprint density at radius 3 is 2.65 bits per heavy atom. The van der Waals surface area contributed by atoms with Gasteiger partial charge in [0.2, 0.25) is 0 Å². The van der Waals surface area contributed by atoms with Crippen LogP contribution in [0.5, 0.6) is 5.75 Å². The second kappa shape index (κ2) is 6.74. The topological polar surface area (TPSA) is 35.2 Å². The molecular formula is C16H17Br2NO. The molecule has 2 nitrogen and oxygen atoms in total. The largest absolute Gasteiger partial charge is 0.496 e. The zero-order valence-electron chi connectivity index (χ0n) is 11.5. The van der Waals surface area contributed by atoms with Gasteiger partial charge in [-0.3, -0.25) is 0 Å². The Morgan fingerprint density at radius 1 is 1.20 bits per heavy atom. The summed E-state index contributed by atoms with van der Waals surface area (Å²) in [5, 5.41) is 0. The van der Waals surface area contributed by atoms with Crippen molar-refractivity contribution in [3.05, 3.63) is 62.0 Å². The lowest BCUT2D eigenvalue weighted by atomic mass is 9.96. The molecule has 4 heteroatoms. The van der Waals surface area contributed by atoms with Crippen LogP contribution in [0.1, 0.15) is 22.7 Å². The number of nitrogens with two attached hydrogens (primary N) is 1. The molecule has 0 radical (unpaired) electrons. The first-order valence-electron chi connectivity index (χ1n) is 6.36. The zero-order valence-corrected chi connectivity index (χ0v) is 14.7. The SMILES string of the molecule is COc1ccc(Br)cc1CC(N)c1cccc(Br)c1C. The van der Waals surface area contributed by atoms with Gasteiger partial charge in [-0.1, -0.05) is 44.0 Å². The number of hydrogen-bond donors (Lipinski definition) is 1. The van der Waals surface area contributed by atoms with Crippen LogP contribution in [-0.4, -0.2) is 7.11 Å². The summed E-state index contributed by atoms with van der Waals surface area (Å²) in [6, 6.07) is 12.1. The minimum atomic E-state index is -0.0595. The highest BCUT2D eigenvalue weighted by atomic mass is 79.9. The van der Waals surface area contributed by atoms with Crippen molar-refractivity contribution in [3.8, 4) is 5.75 Å². The highest BCUT2D eigenvalue weighted by Gasteiger charge is 2.14. The fourth-order valence-corrected chi connectivity index (χ4v) is 3.07. The lowest BCUT2D eigenvalue weighted by Gasteiger charge is -2.17. The van der Waals surface area contributed by atoms with Gasteiger partial charge in [-0.05, 0) is 54.3 Å². The maximum absolute atomic E-state index is 6.38. The van der Waals surface area contributed by atoms with Crippen molar-refractivity contribution < 1.29 is 4.74 Å². The number of benzene rings is 2. The summed E-state index contributed by atoms with van der Waals surface area (Å²) in [4.78, 5) is 0. The van der Waals surface area contributed by atoms with Gasteiger partial charge in [-0.15, -0.1) is 0 Å². The average molecular weight is 399 g/mol. The molecule has 2 aromatic carbocycles. The van der Waals surface area contributed by atoms with E-state index in [2.05, 4.69) is 50.9 Å². The van der Waals surface area contributed by atoms with Gasteiger partial charge in [0, 0.05) is 15.0 Å². The van der Waals surface area contributed by atoms with Gasteiger partial charge in [0.05, 0.1) is 7.11 Å².